The average Bonchev–Trinajstić information content (AvgIpc) is 2.27. The Labute approximate surface area is 98.6 Å². The molecule has 0 bridgehead atoms. The van der Waals surface area contributed by atoms with Gasteiger partial charge < -0.3 is 15.2 Å². The number of aliphatic hydroxyl groups is 1. The lowest BCUT2D eigenvalue weighted by Gasteiger charge is -2.29. The lowest BCUT2D eigenvalue weighted by molar-refractivity contribution is -0.0413. The molecule has 2 N–H and O–H groups in total. The van der Waals surface area contributed by atoms with Gasteiger partial charge >= 0.3 is 0 Å². The molecule has 0 spiro atoms. The lowest BCUT2D eigenvalue weighted by atomic mass is 9.96. The minimum Gasteiger partial charge on any atom is -0.393 e. The fraction of sp³-hybridized carbons (Fsp3) is 1.00. The van der Waals surface area contributed by atoms with Crippen molar-refractivity contribution in [1.29, 1.82) is 0 Å². The zero-order valence-corrected chi connectivity index (χ0v) is 10.2. The molecule has 2 rings (SSSR count). The van der Waals surface area contributed by atoms with E-state index in [0.29, 0.717) is 12.2 Å². The van der Waals surface area contributed by atoms with E-state index in [1.54, 1.807) is 0 Å². The minimum absolute atomic E-state index is 0.0557. The van der Waals surface area contributed by atoms with Gasteiger partial charge in [-0.25, -0.2) is 0 Å². The number of piperidine rings is 1. The van der Waals surface area contributed by atoms with Gasteiger partial charge in [-0.2, -0.15) is 0 Å². The topological polar surface area (TPSA) is 41.5 Å². The van der Waals surface area contributed by atoms with Gasteiger partial charge in [-0.05, 0) is 64.5 Å². The zero-order chi connectivity index (χ0) is 11.2. The Morgan fingerprint density at radius 3 is 2.00 bits per heavy atom. The largest absolute Gasteiger partial charge is 0.393 e. The number of ether oxygens (including phenoxy) is 1. The fourth-order valence-electron chi connectivity index (χ4n) is 2.79. The van der Waals surface area contributed by atoms with Crippen molar-refractivity contribution in [1.82, 2.24) is 5.32 Å². The summed E-state index contributed by atoms with van der Waals surface area (Å²) in [5.74, 6) is 0. The third kappa shape index (κ3) is 4.04. The molecule has 3 heteroatoms. The highest BCUT2D eigenvalue weighted by atomic mass is 16.5. The van der Waals surface area contributed by atoms with Crippen molar-refractivity contribution in [3.63, 3.8) is 0 Å². The Morgan fingerprint density at radius 1 is 0.812 bits per heavy atom. The van der Waals surface area contributed by atoms with Crippen molar-refractivity contribution in [2.45, 2.75) is 69.7 Å². The Kier molecular flexibility index (Phi) is 5.07. The van der Waals surface area contributed by atoms with E-state index >= 15 is 0 Å². The number of rotatable bonds is 2. The van der Waals surface area contributed by atoms with Crippen molar-refractivity contribution >= 4 is 0 Å². The molecule has 0 aromatic heterocycles. The normalized spacial score (nSPS) is 34.3. The number of hydrogen-bond donors (Lipinski definition) is 2. The van der Waals surface area contributed by atoms with Crippen molar-refractivity contribution in [3.8, 4) is 0 Å². The third-order valence-corrected chi connectivity index (χ3v) is 3.80. The van der Waals surface area contributed by atoms with Gasteiger partial charge in [-0.3, -0.25) is 0 Å². The van der Waals surface area contributed by atoms with Crippen LogP contribution in [0.3, 0.4) is 0 Å². The van der Waals surface area contributed by atoms with E-state index in [-0.39, 0.29) is 6.10 Å². The zero-order valence-electron chi connectivity index (χ0n) is 10.2. The summed E-state index contributed by atoms with van der Waals surface area (Å²) < 4.78 is 6.18. The van der Waals surface area contributed by atoms with Gasteiger partial charge in [0.25, 0.3) is 0 Å². The summed E-state index contributed by atoms with van der Waals surface area (Å²) in [5.41, 5.74) is 0. The molecule has 2 fully saturated rings. The predicted molar refractivity (Wildman–Crippen MR) is 64.5 cm³/mol. The second-order valence-electron chi connectivity index (χ2n) is 5.22. The molecule has 0 amide bonds. The summed E-state index contributed by atoms with van der Waals surface area (Å²) in [4.78, 5) is 0. The summed E-state index contributed by atoms with van der Waals surface area (Å²) in [7, 11) is 0. The van der Waals surface area contributed by atoms with Crippen LogP contribution in [0.5, 0.6) is 0 Å². The molecule has 1 heterocycles. The highest BCUT2D eigenvalue weighted by Crippen LogP contribution is 2.22. The Hall–Kier alpha value is -0.120. The Bertz CT molecular complexity index is 182. The van der Waals surface area contributed by atoms with E-state index in [4.69, 9.17) is 4.74 Å². The molecule has 0 atom stereocenters. The third-order valence-electron chi connectivity index (χ3n) is 3.80. The molecule has 1 saturated carbocycles. The minimum atomic E-state index is -0.0557. The number of hydrogen-bond acceptors (Lipinski definition) is 3. The summed E-state index contributed by atoms with van der Waals surface area (Å²) >= 11 is 0. The molecular formula is C13H25NO2. The van der Waals surface area contributed by atoms with Crippen LogP contribution in [0.25, 0.3) is 0 Å². The van der Waals surface area contributed by atoms with Crippen LogP contribution in [0.15, 0.2) is 0 Å². The maximum atomic E-state index is 9.57. The van der Waals surface area contributed by atoms with Crippen LogP contribution in [0.2, 0.25) is 0 Å². The molecule has 3 nitrogen and oxygen atoms in total. The van der Waals surface area contributed by atoms with Crippen LogP contribution >= 0.6 is 0 Å². The lowest BCUT2D eigenvalue weighted by Crippen LogP contribution is -2.35. The highest BCUT2D eigenvalue weighted by molar-refractivity contribution is 4.73. The van der Waals surface area contributed by atoms with Crippen molar-refractivity contribution in [2.75, 3.05) is 13.1 Å². The average molecular weight is 227 g/mol. The van der Waals surface area contributed by atoms with E-state index in [1.807, 2.05) is 0 Å². The van der Waals surface area contributed by atoms with Crippen molar-refractivity contribution in [2.24, 2.45) is 0 Å². The monoisotopic (exact) mass is 227 g/mol. The molecule has 1 aliphatic carbocycles. The molecule has 16 heavy (non-hydrogen) atoms. The van der Waals surface area contributed by atoms with Crippen molar-refractivity contribution < 1.29 is 9.84 Å². The molecule has 2 aliphatic rings. The van der Waals surface area contributed by atoms with Crippen LogP contribution in [-0.2, 0) is 4.74 Å². The first-order valence-corrected chi connectivity index (χ1v) is 6.89. The van der Waals surface area contributed by atoms with Crippen LogP contribution < -0.4 is 5.32 Å². The van der Waals surface area contributed by atoms with Gasteiger partial charge in [0.05, 0.1) is 18.3 Å². The van der Waals surface area contributed by atoms with E-state index in [9.17, 15) is 5.11 Å². The smallest absolute Gasteiger partial charge is 0.0603 e. The maximum absolute atomic E-state index is 9.57. The SMILES string of the molecule is OC1CCCC(OC2CCNCC2)CCC1. The van der Waals surface area contributed by atoms with Gasteiger partial charge in [-0.15, -0.1) is 0 Å². The first-order valence-electron chi connectivity index (χ1n) is 6.89. The predicted octanol–water partition coefficient (Wildman–Crippen LogP) is 1.84. The first kappa shape index (κ1) is 12.3. The van der Waals surface area contributed by atoms with Crippen LogP contribution in [0.1, 0.15) is 51.4 Å². The quantitative estimate of drug-likeness (QED) is 0.756. The van der Waals surface area contributed by atoms with E-state index in [0.717, 1.165) is 51.6 Å². The molecule has 0 unspecified atom stereocenters. The summed E-state index contributed by atoms with van der Waals surface area (Å²) in [6.45, 7) is 2.21. The van der Waals surface area contributed by atoms with Gasteiger partial charge in [0, 0.05) is 0 Å². The Balaban J connectivity index is 1.71. The molecule has 0 aromatic carbocycles. The Morgan fingerprint density at radius 2 is 1.38 bits per heavy atom. The summed E-state index contributed by atoms with van der Waals surface area (Å²) in [6.07, 6.45) is 9.66. The molecule has 0 radical (unpaired) electrons. The second kappa shape index (κ2) is 6.58. The van der Waals surface area contributed by atoms with Gasteiger partial charge in [0.2, 0.25) is 0 Å². The van der Waals surface area contributed by atoms with E-state index < -0.39 is 0 Å². The molecule has 1 aliphatic heterocycles. The molecule has 1 saturated heterocycles. The van der Waals surface area contributed by atoms with Gasteiger partial charge in [-0.1, -0.05) is 0 Å². The number of nitrogens with one attached hydrogen (secondary N) is 1. The van der Waals surface area contributed by atoms with E-state index in [1.165, 1.54) is 12.8 Å². The van der Waals surface area contributed by atoms with Crippen molar-refractivity contribution in [3.05, 3.63) is 0 Å². The standard InChI is InChI=1S/C13H25NO2/c15-11-3-1-5-12(6-2-4-11)16-13-7-9-14-10-8-13/h11-15H,1-10H2. The molecule has 94 valence electrons. The fourth-order valence-corrected chi connectivity index (χ4v) is 2.79. The van der Waals surface area contributed by atoms with Crippen LogP contribution in [0, 0.1) is 0 Å². The van der Waals surface area contributed by atoms with E-state index in [2.05, 4.69) is 5.32 Å². The van der Waals surface area contributed by atoms with Gasteiger partial charge in [0.15, 0.2) is 0 Å². The summed E-state index contributed by atoms with van der Waals surface area (Å²) in [6, 6.07) is 0. The number of aliphatic hydroxyl groups excluding tert-OH is 1. The molecular weight excluding hydrogens is 202 g/mol. The van der Waals surface area contributed by atoms with Gasteiger partial charge in [0.1, 0.15) is 0 Å². The van der Waals surface area contributed by atoms with Crippen LogP contribution in [0.4, 0.5) is 0 Å². The second-order valence-corrected chi connectivity index (χ2v) is 5.22. The first-order chi connectivity index (χ1) is 7.84. The summed E-state index contributed by atoms with van der Waals surface area (Å²) in [5, 5.41) is 12.9. The van der Waals surface area contributed by atoms with Crippen LogP contribution in [-0.4, -0.2) is 36.5 Å². The molecule has 0 aromatic rings. The maximum Gasteiger partial charge on any atom is 0.0603 e. The highest BCUT2D eigenvalue weighted by Gasteiger charge is 2.20.